The fourth-order valence-electron chi connectivity index (χ4n) is 3.36. The lowest BCUT2D eigenvalue weighted by Crippen LogP contribution is -2.12. The van der Waals surface area contributed by atoms with E-state index >= 15 is 0 Å². The predicted octanol–water partition coefficient (Wildman–Crippen LogP) is 6.59. The Morgan fingerprint density at radius 3 is 1.23 bits per heavy atom. The highest BCUT2D eigenvalue weighted by Gasteiger charge is 2.19. The van der Waals surface area contributed by atoms with Gasteiger partial charge in [-0.25, -0.2) is 0 Å². The lowest BCUT2D eigenvalue weighted by atomic mass is 9.80. The molecule has 0 nitrogen and oxygen atoms in total. The van der Waals surface area contributed by atoms with Gasteiger partial charge in [-0.1, -0.05) is 77.9 Å². The van der Waals surface area contributed by atoms with E-state index in [9.17, 15) is 0 Å². The maximum atomic E-state index is 2.38. The van der Waals surface area contributed by atoms with E-state index in [4.69, 9.17) is 0 Å². The molecular formula is C22H26. The third-order valence-corrected chi connectivity index (χ3v) is 4.50. The molecular weight excluding hydrogens is 264 g/mol. The van der Waals surface area contributed by atoms with Gasteiger partial charge in [0.25, 0.3) is 0 Å². The highest BCUT2D eigenvalue weighted by molar-refractivity contribution is 6.01. The molecule has 3 aromatic carbocycles. The van der Waals surface area contributed by atoms with Crippen molar-refractivity contribution >= 4 is 21.5 Å². The van der Waals surface area contributed by atoms with Crippen LogP contribution in [-0.4, -0.2) is 0 Å². The molecule has 0 spiro atoms. The Balaban J connectivity index is 2.41. The summed E-state index contributed by atoms with van der Waals surface area (Å²) in [4.78, 5) is 0. The Morgan fingerprint density at radius 1 is 0.545 bits per heavy atom. The van der Waals surface area contributed by atoms with Gasteiger partial charge in [-0.15, -0.1) is 0 Å². The van der Waals surface area contributed by atoms with Crippen molar-refractivity contribution in [2.24, 2.45) is 0 Å². The Bertz CT molecular complexity index is 766. The Kier molecular flexibility index (Phi) is 3.32. The molecule has 0 fully saturated rings. The molecule has 0 radical (unpaired) electrons. The van der Waals surface area contributed by atoms with Gasteiger partial charge >= 0.3 is 0 Å². The van der Waals surface area contributed by atoms with Crippen molar-refractivity contribution in [1.82, 2.24) is 0 Å². The molecule has 0 unspecified atom stereocenters. The topological polar surface area (TPSA) is 0 Å². The average molecular weight is 290 g/mol. The van der Waals surface area contributed by atoms with Gasteiger partial charge in [-0.2, -0.15) is 0 Å². The van der Waals surface area contributed by atoms with Crippen LogP contribution in [0.3, 0.4) is 0 Å². The average Bonchev–Trinajstić information content (AvgIpc) is 2.41. The Labute approximate surface area is 134 Å². The third-order valence-electron chi connectivity index (χ3n) is 4.50. The van der Waals surface area contributed by atoms with Crippen LogP contribution in [0, 0.1) is 0 Å². The van der Waals surface area contributed by atoms with Gasteiger partial charge in [0.05, 0.1) is 0 Å². The van der Waals surface area contributed by atoms with Crippen molar-refractivity contribution in [1.29, 1.82) is 0 Å². The number of rotatable bonds is 0. The first-order valence-electron chi connectivity index (χ1n) is 8.14. The highest BCUT2D eigenvalue weighted by Crippen LogP contribution is 2.36. The van der Waals surface area contributed by atoms with Crippen molar-refractivity contribution in [3.63, 3.8) is 0 Å². The van der Waals surface area contributed by atoms with Crippen LogP contribution in [-0.2, 0) is 10.8 Å². The monoisotopic (exact) mass is 290 g/mol. The van der Waals surface area contributed by atoms with Crippen molar-refractivity contribution in [2.75, 3.05) is 0 Å². The van der Waals surface area contributed by atoms with Gasteiger partial charge in [0, 0.05) is 0 Å². The summed E-state index contributed by atoms with van der Waals surface area (Å²) in [5, 5.41) is 5.45. The molecule has 22 heavy (non-hydrogen) atoms. The van der Waals surface area contributed by atoms with Crippen LogP contribution in [0.4, 0.5) is 0 Å². The number of hydrogen-bond acceptors (Lipinski definition) is 0. The molecule has 0 bridgehead atoms. The van der Waals surface area contributed by atoms with Gasteiger partial charge in [0.1, 0.15) is 0 Å². The molecule has 0 amide bonds. The maximum absolute atomic E-state index is 2.38. The summed E-state index contributed by atoms with van der Waals surface area (Å²) in [5.41, 5.74) is 3.17. The van der Waals surface area contributed by atoms with Crippen LogP contribution in [0.15, 0.2) is 48.5 Å². The molecule has 0 aliphatic carbocycles. The summed E-state index contributed by atoms with van der Waals surface area (Å²) >= 11 is 0. The first kappa shape index (κ1) is 15.1. The second-order valence-corrected chi connectivity index (χ2v) is 8.41. The first-order chi connectivity index (χ1) is 10.2. The Morgan fingerprint density at radius 2 is 0.909 bits per heavy atom. The molecule has 3 rings (SSSR count). The molecule has 0 N–H and O–H groups in total. The lowest BCUT2D eigenvalue weighted by molar-refractivity contribution is 0.595. The molecule has 0 heterocycles. The molecule has 0 saturated heterocycles. The zero-order valence-corrected chi connectivity index (χ0v) is 14.6. The summed E-state index contributed by atoms with van der Waals surface area (Å²) < 4.78 is 0. The molecule has 0 aliphatic heterocycles. The van der Waals surface area contributed by atoms with E-state index in [0.29, 0.717) is 0 Å². The molecule has 0 atom stereocenters. The summed E-state index contributed by atoms with van der Waals surface area (Å²) in [7, 11) is 0. The van der Waals surface area contributed by atoms with Crippen molar-refractivity contribution in [3.05, 3.63) is 59.7 Å². The molecule has 0 aromatic heterocycles. The van der Waals surface area contributed by atoms with Gasteiger partial charge in [-0.3, -0.25) is 0 Å². The van der Waals surface area contributed by atoms with Gasteiger partial charge in [0.2, 0.25) is 0 Å². The van der Waals surface area contributed by atoms with E-state index in [1.165, 1.54) is 32.7 Å². The molecule has 0 heteroatoms. The molecule has 0 saturated carbocycles. The molecule has 114 valence electrons. The summed E-state index contributed by atoms with van der Waals surface area (Å²) in [5.74, 6) is 0. The van der Waals surface area contributed by atoms with Gasteiger partial charge in [-0.05, 0) is 55.6 Å². The second-order valence-electron chi connectivity index (χ2n) is 8.41. The lowest BCUT2D eigenvalue weighted by Gasteiger charge is -2.24. The zero-order valence-electron chi connectivity index (χ0n) is 14.6. The fourth-order valence-corrected chi connectivity index (χ4v) is 3.36. The van der Waals surface area contributed by atoms with Crippen LogP contribution >= 0.6 is 0 Å². The maximum Gasteiger partial charge on any atom is -0.0126 e. The zero-order chi connectivity index (χ0) is 16.1. The standard InChI is InChI=1S/C22H26/c1-21(2,3)19-11-7-9-15-14-18-16(13-17(15)19)10-8-12-20(18)22(4,5)6/h7-14H,1-6H3. The van der Waals surface area contributed by atoms with E-state index in [0.717, 1.165) is 0 Å². The number of benzene rings is 3. The van der Waals surface area contributed by atoms with Crippen molar-refractivity contribution in [2.45, 2.75) is 52.4 Å². The van der Waals surface area contributed by atoms with Crippen molar-refractivity contribution < 1.29 is 0 Å². The van der Waals surface area contributed by atoms with Crippen LogP contribution in [0.1, 0.15) is 52.7 Å². The fraction of sp³-hybridized carbons (Fsp3) is 0.364. The number of fused-ring (bicyclic) bond motifs is 2. The first-order valence-corrected chi connectivity index (χ1v) is 8.14. The molecule has 0 aliphatic rings. The van der Waals surface area contributed by atoms with Gasteiger partial charge in [0.15, 0.2) is 0 Å². The minimum atomic E-state index is 0.162. The van der Waals surface area contributed by atoms with E-state index in [2.05, 4.69) is 90.1 Å². The summed E-state index contributed by atoms with van der Waals surface area (Å²) in [6.07, 6.45) is 0. The summed E-state index contributed by atoms with van der Waals surface area (Å²) in [6.45, 7) is 13.7. The quantitative estimate of drug-likeness (QED) is 0.410. The normalized spacial score (nSPS) is 13.0. The van der Waals surface area contributed by atoms with Gasteiger partial charge < -0.3 is 0 Å². The smallest absolute Gasteiger partial charge is 0.0126 e. The van der Waals surface area contributed by atoms with Crippen molar-refractivity contribution in [3.8, 4) is 0 Å². The van der Waals surface area contributed by atoms with Crippen LogP contribution < -0.4 is 0 Å². The summed E-state index contributed by atoms with van der Waals surface area (Å²) in [6, 6.07) is 18.1. The SMILES string of the molecule is CC(C)(C)c1cccc2cc3c(C(C)(C)C)cccc3cc12. The van der Waals surface area contributed by atoms with E-state index in [-0.39, 0.29) is 10.8 Å². The minimum absolute atomic E-state index is 0.162. The van der Waals surface area contributed by atoms with E-state index in [1.54, 1.807) is 0 Å². The third kappa shape index (κ3) is 2.52. The minimum Gasteiger partial charge on any atom is -0.0613 e. The van der Waals surface area contributed by atoms with Crippen LogP contribution in [0.2, 0.25) is 0 Å². The predicted molar refractivity (Wildman–Crippen MR) is 98.9 cm³/mol. The highest BCUT2D eigenvalue weighted by atomic mass is 14.2. The van der Waals surface area contributed by atoms with E-state index in [1.807, 2.05) is 0 Å². The van der Waals surface area contributed by atoms with Crippen LogP contribution in [0.25, 0.3) is 21.5 Å². The number of hydrogen-bond donors (Lipinski definition) is 0. The second kappa shape index (κ2) is 4.84. The van der Waals surface area contributed by atoms with Crippen LogP contribution in [0.5, 0.6) is 0 Å². The molecule has 3 aromatic rings. The van der Waals surface area contributed by atoms with E-state index < -0.39 is 0 Å². The largest absolute Gasteiger partial charge is 0.0613 e. The Hall–Kier alpha value is -1.82.